The molecule has 0 aliphatic heterocycles. The van der Waals surface area contributed by atoms with Crippen molar-refractivity contribution in [3.05, 3.63) is 17.5 Å². The number of halogens is 1. The highest BCUT2D eigenvalue weighted by atomic mass is 79.9. The number of aromatic nitrogens is 1. The van der Waals surface area contributed by atoms with Crippen molar-refractivity contribution in [2.24, 2.45) is 0 Å². The minimum Gasteiger partial charge on any atom is -0.361 e. The second kappa shape index (κ2) is 5.79. The van der Waals surface area contributed by atoms with Crippen LogP contribution in [0.25, 0.3) is 0 Å². The van der Waals surface area contributed by atoms with Crippen molar-refractivity contribution >= 4 is 26.0 Å². The van der Waals surface area contributed by atoms with E-state index in [2.05, 4.69) is 21.1 Å². The quantitative estimate of drug-likeness (QED) is 0.748. The summed E-state index contributed by atoms with van der Waals surface area (Å²) in [5.41, 5.74) is 0.447. The molecule has 0 N–H and O–H groups in total. The van der Waals surface area contributed by atoms with E-state index in [1.165, 1.54) is 4.31 Å². The maximum atomic E-state index is 11.8. The van der Waals surface area contributed by atoms with E-state index in [0.717, 1.165) is 11.8 Å². The summed E-state index contributed by atoms with van der Waals surface area (Å²) in [4.78, 5) is 0. The Labute approximate surface area is 104 Å². The fourth-order valence-corrected chi connectivity index (χ4v) is 2.59. The molecule has 1 heterocycles. The van der Waals surface area contributed by atoms with Crippen molar-refractivity contribution in [1.29, 1.82) is 0 Å². The van der Waals surface area contributed by atoms with Gasteiger partial charge in [-0.25, -0.2) is 12.7 Å². The van der Waals surface area contributed by atoms with E-state index < -0.39 is 10.0 Å². The molecule has 0 fully saturated rings. The predicted octanol–water partition coefficient (Wildman–Crippen LogP) is 1.53. The van der Waals surface area contributed by atoms with Gasteiger partial charge in [0, 0.05) is 25.0 Å². The molecule has 0 saturated heterocycles. The fraction of sp³-hybridized carbons (Fsp3) is 0.667. The zero-order valence-electron chi connectivity index (χ0n) is 9.31. The molecule has 0 aliphatic carbocycles. The van der Waals surface area contributed by atoms with Crippen LogP contribution in [0.3, 0.4) is 0 Å². The number of hydrogen-bond acceptors (Lipinski definition) is 4. The number of nitrogens with zero attached hydrogens (tertiary/aromatic N) is 2. The van der Waals surface area contributed by atoms with Gasteiger partial charge in [-0.2, -0.15) is 0 Å². The molecule has 0 spiro atoms. The molecule has 0 amide bonds. The van der Waals surface area contributed by atoms with Crippen LogP contribution in [0, 0.1) is 6.92 Å². The van der Waals surface area contributed by atoms with Crippen LogP contribution in [0.15, 0.2) is 10.6 Å². The van der Waals surface area contributed by atoms with E-state index in [4.69, 9.17) is 4.52 Å². The van der Waals surface area contributed by atoms with Gasteiger partial charge in [0.15, 0.2) is 0 Å². The molecule has 0 radical (unpaired) electrons. The lowest BCUT2D eigenvalue weighted by atomic mass is 10.4. The predicted molar refractivity (Wildman–Crippen MR) is 64.9 cm³/mol. The average Bonchev–Trinajstić information content (AvgIpc) is 2.59. The molecule has 5 nitrogen and oxygen atoms in total. The lowest BCUT2D eigenvalue weighted by molar-refractivity contribution is 0.391. The number of sulfonamides is 1. The van der Waals surface area contributed by atoms with E-state index in [9.17, 15) is 8.42 Å². The van der Waals surface area contributed by atoms with Gasteiger partial charge in [-0.3, -0.25) is 0 Å². The molecule has 16 heavy (non-hydrogen) atoms. The number of aryl methyl sites for hydroxylation is 1. The lowest BCUT2D eigenvalue weighted by Gasteiger charge is -2.15. The largest absolute Gasteiger partial charge is 0.361 e. The maximum absolute atomic E-state index is 11.8. The SMILES string of the molecule is Cc1cc(CS(=O)(=O)N(C)CCCBr)no1. The summed E-state index contributed by atoms with van der Waals surface area (Å²) in [6, 6.07) is 1.63. The van der Waals surface area contributed by atoms with Gasteiger partial charge in [-0.15, -0.1) is 0 Å². The third kappa shape index (κ3) is 3.88. The van der Waals surface area contributed by atoms with Gasteiger partial charge < -0.3 is 4.52 Å². The van der Waals surface area contributed by atoms with Crippen molar-refractivity contribution in [2.45, 2.75) is 19.1 Å². The molecule has 7 heteroatoms. The topological polar surface area (TPSA) is 63.4 Å². The van der Waals surface area contributed by atoms with Gasteiger partial charge in [0.2, 0.25) is 10.0 Å². The highest BCUT2D eigenvalue weighted by Gasteiger charge is 2.19. The third-order valence-corrected chi connectivity index (χ3v) is 4.44. The summed E-state index contributed by atoms with van der Waals surface area (Å²) >= 11 is 3.27. The molecular weight excluding hydrogens is 296 g/mol. The van der Waals surface area contributed by atoms with Crippen molar-refractivity contribution < 1.29 is 12.9 Å². The van der Waals surface area contributed by atoms with Crippen LogP contribution in [-0.4, -0.2) is 36.8 Å². The molecule has 1 rings (SSSR count). The zero-order chi connectivity index (χ0) is 12.2. The first-order valence-electron chi connectivity index (χ1n) is 4.88. The van der Waals surface area contributed by atoms with Gasteiger partial charge in [0.05, 0.1) is 0 Å². The number of rotatable bonds is 6. The molecule has 0 aliphatic rings. The van der Waals surface area contributed by atoms with Gasteiger partial charge >= 0.3 is 0 Å². The van der Waals surface area contributed by atoms with Gasteiger partial charge in [0.25, 0.3) is 0 Å². The van der Waals surface area contributed by atoms with E-state index in [1.54, 1.807) is 20.0 Å². The van der Waals surface area contributed by atoms with Crippen LogP contribution in [0.1, 0.15) is 17.9 Å². The molecule has 0 bridgehead atoms. The van der Waals surface area contributed by atoms with Crippen molar-refractivity contribution in [2.75, 3.05) is 18.9 Å². The average molecular weight is 311 g/mol. The van der Waals surface area contributed by atoms with Crippen LogP contribution >= 0.6 is 15.9 Å². The van der Waals surface area contributed by atoms with Crippen molar-refractivity contribution in [3.8, 4) is 0 Å². The smallest absolute Gasteiger partial charge is 0.219 e. The first kappa shape index (κ1) is 13.7. The van der Waals surface area contributed by atoms with Gasteiger partial charge in [-0.05, 0) is 13.3 Å². The molecular formula is C9H15BrN2O3S. The Morgan fingerprint density at radius 1 is 1.56 bits per heavy atom. The minimum atomic E-state index is -3.28. The van der Waals surface area contributed by atoms with Crippen LogP contribution in [-0.2, 0) is 15.8 Å². The molecule has 92 valence electrons. The standard InChI is InChI=1S/C9H15BrN2O3S/c1-8-6-9(11-15-8)7-16(13,14)12(2)5-3-4-10/h6H,3-5,7H2,1-2H3. The second-order valence-electron chi connectivity index (χ2n) is 3.55. The second-order valence-corrected chi connectivity index (χ2v) is 6.42. The Morgan fingerprint density at radius 2 is 2.25 bits per heavy atom. The Kier molecular flexibility index (Phi) is 4.94. The molecule has 0 unspecified atom stereocenters. The van der Waals surface area contributed by atoms with Crippen molar-refractivity contribution in [3.63, 3.8) is 0 Å². The van der Waals surface area contributed by atoms with Crippen LogP contribution in [0.2, 0.25) is 0 Å². The van der Waals surface area contributed by atoms with Crippen LogP contribution < -0.4 is 0 Å². The van der Waals surface area contributed by atoms with Crippen LogP contribution in [0.4, 0.5) is 0 Å². The monoisotopic (exact) mass is 310 g/mol. The number of hydrogen-bond donors (Lipinski definition) is 0. The first-order chi connectivity index (χ1) is 7.45. The molecule has 0 aromatic carbocycles. The summed E-state index contributed by atoms with van der Waals surface area (Å²) < 4.78 is 29.9. The Balaban J connectivity index is 2.64. The Morgan fingerprint density at radius 3 is 2.75 bits per heavy atom. The summed E-state index contributed by atoms with van der Waals surface area (Å²) in [6.07, 6.45) is 0.785. The summed E-state index contributed by atoms with van der Waals surface area (Å²) in [6.45, 7) is 2.24. The van der Waals surface area contributed by atoms with E-state index in [-0.39, 0.29) is 5.75 Å². The zero-order valence-corrected chi connectivity index (χ0v) is 11.7. The van der Waals surface area contributed by atoms with Gasteiger partial charge in [-0.1, -0.05) is 21.1 Å². The Bertz CT molecular complexity index is 430. The summed E-state index contributed by atoms with van der Waals surface area (Å²) in [7, 11) is -1.71. The van der Waals surface area contributed by atoms with E-state index in [0.29, 0.717) is 18.0 Å². The summed E-state index contributed by atoms with van der Waals surface area (Å²) in [5, 5.41) is 4.46. The van der Waals surface area contributed by atoms with E-state index >= 15 is 0 Å². The Hall–Kier alpha value is -0.400. The lowest BCUT2D eigenvalue weighted by Crippen LogP contribution is -2.29. The van der Waals surface area contributed by atoms with Gasteiger partial charge in [0.1, 0.15) is 17.2 Å². The fourth-order valence-electron chi connectivity index (χ4n) is 1.20. The maximum Gasteiger partial charge on any atom is 0.219 e. The number of alkyl halides is 1. The minimum absolute atomic E-state index is 0.108. The normalized spacial score (nSPS) is 12.2. The first-order valence-corrected chi connectivity index (χ1v) is 7.61. The van der Waals surface area contributed by atoms with Crippen LogP contribution in [0.5, 0.6) is 0 Å². The molecule has 1 aromatic rings. The third-order valence-electron chi connectivity index (χ3n) is 2.09. The highest BCUT2D eigenvalue weighted by Crippen LogP contribution is 2.10. The molecule has 0 saturated carbocycles. The van der Waals surface area contributed by atoms with E-state index in [1.807, 2.05) is 0 Å². The highest BCUT2D eigenvalue weighted by molar-refractivity contribution is 9.09. The van der Waals surface area contributed by atoms with Crippen molar-refractivity contribution in [1.82, 2.24) is 9.46 Å². The summed E-state index contributed by atoms with van der Waals surface area (Å²) in [5.74, 6) is 0.511. The molecule has 0 atom stereocenters. The molecule has 1 aromatic heterocycles.